The standard InChI is InChI=1S/C17H18O4/c1-12-4-6-16(20-3)14(8-12)11-21-17-7-5-15(19-2)9-13(17)10-18/h4-10H,11H2,1-3H3. The summed E-state index contributed by atoms with van der Waals surface area (Å²) in [5, 5.41) is 0. The highest BCUT2D eigenvalue weighted by atomic mass is 16.5. The summed E-state index contributed by atoms with van der Waals surface area (Å²) < 4.78 is 16.1. The molecule has 0 unspecified atom stereocenters. The second-order valence-corrected chi connectivity index (χ2v) is 4.63. The first kappa shape index (κ1) is 14.9. The predicted molar refractivity (Wildman–Crippen MR) is 80.4 cm³/mol. The number of methoxy groups -OCH3 is 2. The lowest BCUT2D eigenvalue weighted by Crippen LogP contribution is -2.01. The number of rotatable bonds is 6. The van der Waals surface area contributed by atoms with Gasteiger partial charge in [-0.05, 0) is 37.3 Å². The van der Waals surface area contributed by atoms with Crippen LogP contribution in [-0.4, -0.2) is 20.5 Å². The molecule has 2 aromatic carbocycles. The zero-order valence-corrected chi connectivity index (χ0v) is 12.4. The van der Waals surface area contributed by atoms with Gasteiger partial charge in [-0.15, -0.1) is 0 Å². The van der Waals surface area contributed by atoms with Gasteiger partial charge in [0.1, 0.15) is 23.9 Å². The van der Waals surface area contributed by atoms with E-state index in [4.69, 9.17) is 14.2 Å². The Balaban J connectivity index is 2.20. The van der Waals surface area contributed by atoms with E-state index in [1.165, 1.54) is 0 Å². The fourth-order valence-electron chi connectivity index (χ4n) is 2.05. The van der Waals surface area contributed by atoms with Crippen molar-refractivity contribution in [2.24, 2.45) is 0 Å². The maximum atomic E-state index is 11.1. The predicted octanol–water partition coefficient (Wildman–Crippen LogP) is 3.40. The van der Waals surface area contributed by atoms with E-state index in [1.807, 2.05) is 25.1 Å². The molecule has 21 heavy (non-hydrogen) atoms. The molecule has 0 heterocycles. The van der Waals surface area contributed by atoms with Crippen molar-refractivity contribution in [3.8, 4) is 17.2 Å². The van der Waals surface area contributed by atoms with Crippen molar-refractivity contribution in [1.82, 2.24) is 0 Å². The van der Waals surface area contributed by atoms with Crippen molar-refractivity contribution < 1.29 is 19.0 Å². The molecule has 2 rings (SSSR count). The monoisotopic (exact) mass is 286 g/mol. The zero-order chi connectivity index (χ0) is 15.2. The summed E-state index contributed by atoms with van der Waals surface area (Å²) in [6.45, 7) is 2.34. The molecule has 2 aromatic rings. The van der Waals surface area contributed by atoms with Crippen molar-refractivity contribution in [1.29, 1.82) is 0 Å². The number of carbonyl (C=O) groups excluding carboxylic acids is 1. The Bertz CT molecular complexity index is 635. The van der Waals surface area contributed by atoms with Crippen molar-refractivity contribution in [2.45, 2.75) is 13.5 Å². The molecular weight excluding hydrogens is 268 g/mol. The van der Waals surface area contributed by atoms with Crippen LogP contribution in [0.1, 0.15) is 21.5 Å². The summed E-state index contributed by atoms with van der Waals surface area (Å²) in [4.78, 5) is 11.1. The van der Waals surface area contributed by atoms with Crippen LogP contribution < -0.4 is 14.2 Å². The molecule has 0 amide bonds. The highest BCUT2D eigenvalue weighted by Gasteiger charge is 2.08. The van der Waals surface area contributed by atoms with Crippen LogP contribution in [0.15, 0.2) is 36.4 Å². The molecule has 0 saturated carbocycles. The van der Waals surface area contributed by atoms with Crippen LogP contribution in [0.25, 0.3) is 0 Å². The molecule has 0 aliphatic carbocycles. The number of ether oxygens (including phenoxy) is 3. The zero-order valence-electron chi connectivity index (χ0n) is 12.4. The minimum absolute atomic E-state index is 0.331. The second kappa shape index (κ2) is 6.79. The van der Waals surface area contributed by atoms with E-state index >= 15 is 0 Å². The molecule has 0 atom stereocenters. The molecule has 0 aromatic heterocycles. The first-order chi connectivity index (χ1) is 10.2. The third kappa shape index (κ3) is 3.54. The van der Waals surface area contributed by atoms with E-state index < -0.39 is 0 Å². The Kier molecular flexibility index (Phi) is 4.82. The lowest BCUT2D eigenvalue weighted by molar-refractivity contribution is 0.111. The van der Waals surface area contributed by atoms with Gasteiger partial charge in [-0.2, -0.15) is 0 Å². The van der Waals surface area contributed by atoms with Crippen LogP contribution >= 0.6 is 0 Å². The van der Waals surface area contributed by atoms with Gasteiger partial charge in [0.05, 0.1) is 19.8 Å². The average molecular weight is 286 g/mol. The molecule has 0 fully saturated rings. The number of carbonyl (C=O) groups is 1. The molecule has 0 aliphatic heterocycles. The summed E-state index contributed by atoms with van der Waals surface area (Å²) in [7, 11) is 3.18. The fraction of sp³-hybridized carbons (Fsp3) is 0.235. The van der Waals surface area contributed by atoms with Gasteiger partial charge in [0, 0.05) is 5.56 Å². The summed E-state index contributed by atoms with van der Waals surface area (Å²) in [6, 6.07) is 11.0. The molecule has 4 heteroatoms. The number of benzene rings is 2. The summed E-state index contributed by atoms with van der Waals surface area (Å²) in [6.07, 6.45) is 0.755. The van der Waals surface area contributed by atoms with Gasteiger partial charge in [0.2, 0.25) is 0 Å². The Morgan fingerprint density at radius 1 is 1.00 bits per heavy atom. The van der Waals surface area contributed by atoms with Gasteiger partial charge in [0.25, 0.3) is 0 Å². The molecule has 0 saturated heterocycles. The van der Waals surface area contributed by atoms with Gasteiger partial charge >= 0.3 is 0 Å². The fourth-order valence-corrected chi connectivity index (χ4v) is 2.05. The normalized spacial score (nSPS) is 10.0. The Labute approximate surface area is 124 Å². The molecule has 0 bridgehead atoms. The van der Waals surface area contributed by atoms with Crippen molar-refractivity contribution in [3.05, 3.63) is 53.1 Å². The number of aldehydes is 1. The minimum Gasteiger partial charge on any atom is -0.497 e. The van der Waals surface area contributed by atoms with Crippen molar-refractivity contribution >= 4 is 6.29 Å². The molecular formula is C17H18O4. The van der Waals surface area contributed by atoms with E-state index in [0.29, 0.717) is 23.7 Å². The number of hydrogen-bond acceptors (Lipinski definition) is 4. The Morgan fingerprint density at radius 2 is 1.76 bits per heavy atom. The van der Waals surface area contributed by atoms with Gasteiger partial charge in [-0.25, -0.2) is 0 Å². The highest BCUT2D eigenvalue weighted by Crippen LogP contribution is 2.26. The van der Waals surface area contributed by atoms with Gasteiger partial charge < -0.3 is 14.2 Å². The third-order valence-electron chi connectivity index (χ3n) is 3.16. The van der Waals surface area contributed by atoms with E-state index in [1.54, 1.807) is 32.4 Å². The van der Waals surface area contributed by atoms with Crippen LogP contribution in [0, 0.1) is 6.92 Å². The van der Waals surface area contributed by atoms with E-state index in [0.717, 1.165) is 23.2 Å². The van der Waals surface area contributed by atoms with Crippen LogP contribution in [0.3, 0.4) is 0 Å². The van der Waals surface area contributed by atoms with Gasteiger partial charge in [0.15, 0.2) is 6.29 Å². The highest BCUT2D eigenvalue weighted by molar-refractivity contribution is 5.80. The van der Waals surface area contributed by atoms with Crippen molar-refractivity contribution in [3.63, 3.8) is 0 Å². The van der Waals surface area contributed by atoms with E-state index in [2.05, 4.69) is 0 Å². The number of hydrogen-bond donors (Lipinski definition) is 0. The molecule has 0 N–H and O–H groups in total. The van der Waals surface area contributed by atoms with Crippen LogP contribution in [0.4, 0.5) is 0 Å². The lowest BCUT2D eigenvalue weighted by Gasteiger charge is -2.13. The Hall–Kier alpha value is -2.49. The van der Waals surface area contributed by atoms with E-state index in [9.17, 15) is 4.79 Å². The smallest absolute Gasteiger partial charge is 0.153 e. The maximum absolute atomic E-state index is 11.1. The molecule has 0 spiro atoms. The van der Waals surface area contributed by atoms with E-state index in [-0.39, 0.29) is 0 Å². The number of aryl methyl sites for hydroxylation is 1. The molecule has 110 valence electrons. The van der Waals surface area contributed by atoms with Crippen LogP contribution in [0.5, 0.6) is 17.2 Å². The Morgan fingerprint density at radius 3 is 2.43 bits per heavy atom. The first-order valence-corrected chi connectivity index (χ1v) is 6.57. The SMILES string of the molecule is COc1ccc(OCc2cc(C)ccc2OC)c(C=O)c1. The largest absolute Gasteiger partial charge is 0.497 e. The van der Waals surface area contributed by atoms with Gasteiger partial charge in [-0.3, -0.25) is 4.79 Å². The average Bonchev–Trinajstić information content (AvgIpc) is 2.52. The molecule has 4 nitrogen and oxygen atoms in total. The summed E-state index contributed by atoms with van der Waals surface area (Å²) >= 11 is 0. The molecule has 0 aliphatic rings. The summed E-state index contributed by atoms with van der Waals surface area (Å²) in [5.41, 5.74) is 2.52. The van der Waals surface area contributed by atoms with Crippen LogP contribution in [0.2, 0.25) is 0 Å². The first-order valence-electron chi connectivity index (χ1n) is 6.57. The quantitative estimate of drug-likeness (QED) is 0.763. The maximum Gasteiger partial charge on any atom is 0.153 e. The third-order valence-corrected chi connectivity index (χ3v) is 3.16. The molecule has 0 radical (unpaired) electrons. The summed E-state index contributed by atoms with van der Waals surface area (Å²) in [5.74, 6) is 1.91. The topological polar surface area (TPSA) is 44.8 Å². The second-order valence-electron chi connectivity index (χ2n) is 4.63. The minimum atomic E-state index is 0.331. The lowest BCUT2D eigenvalue weighted by atomic mass is 10.1. The van der Waals surface area contributed by atoms with Crippen molar-refractivity contribution in [2.75, 3.05) is 14.2 Å². The van der Waals surface area contributed by atoms with Gasteiger partial charge in [-0.1, -0.05) is 11.6 Å². The van der Waals surface area contributed by atoms with Crippen LogP contribution in [-0.2, 0) is 6.61 Å².